The molecule has 158 valence electrons. The lowest BCUT2D eigenvalue weighted by molar-refractivity contribution is -0.130. The van der Waals surface area contributed by atoms with Crippen LogP contribution in [0.3, 0.4) is 0 Å². The van der Waals surface area contributed by atoms with E-state index in [9.17, 15) is 14.4 Å². The van der Waals surface area contributed by atoms with Crippen molar-refractivity contribution in [3.8, 4) is 0 Å². The minimum absolute atomic E-state index is 0.0203. The number of rotatable bonds is 5. The highest BCUT2D eigenvalue weighted by molar-refractivity contribution is 7.13. The number of nitrogens with one attached hydrogen (secondary N) is 2. The number of nitrogens with zero attached hydrogens (tertiary/aromatic N) is 3. The molecule has 3 heterocycles. The minimum Gasteiger partial charge on any atom is -0.368 e. The number of thiazole rings is 1. The number of carbonyl (C=O) groups is 3. The van der Waals surface area contributed by atoms with Crippen LogP contribution in [0.15, 0.2) is 29.6 Å². The maximum atomic E-state index is 12.7. The SMILES string of the molecule is O=C1CC[C@H](C(=O)Nc2nc(CC(=O)N3CCN(c4cccc(Cl)c4)CC3)cs2)N1. The third kappa shape index (κ3) is 4.91. The highest BCUT2D eigenvalue weighted by atomic mass is 35.5. The van der Waals surface area contributed by atoms with Gasteiger partial charge >= 0.3 is 0 Å². The largest absolute Gasteiger partial charge is 0.368 e. The van der Waals surface area contributed by atoms with Crippen LogP contribution in [0.4, 0.5) is 10.8 Å². The molecule has 8 nitrogen and oxygen atoms in total. The van der Waals surface area contributed by atoms with Gasteiger partial charge in [0.1, 0.15) is 6.04 Å². The third-order valence-electron chi connectivity index (χ3n) is 5.23. The van der Waals surface area contributed by atoms with Crippen LogP contribution in [-0.2, 0) is 20.8 Å². The molecule has 2 aliphatic rings. The number of piperazine rings is 1. The Morgan fingerprint density at radius 1 is 1.27 bits per heavy atom. The fraction of sp³-hybridized carbons (Fsp3) is 0.400. The number of carbonyl (C=O) groups excluding carboxylic acids is 3. The molecule has 2 aliphatic heterocycles. The standard InChI is InChI=1S/C20H22ClN5O3S/c21-13-2-1-3-15(10-13)25-6-8-26(9-7-25)18(28)11-14-12-30-20(22-14)24-19(29)16-4-5-17(27)23-16/h1-3,10,12,16H,4-9,11H2,(H,23,27)(H,22,24,29)/t16-/m1/s1. The quantitative estimate of drug-likeness (QED) is 0.730. The highest BCUT2D eigenvalue weighted by Gasteiger charge is 2.28. The van der Waals surface area contributed by atoms with E-state index in [1.807, 2.05) is 29.2 Å². The predicted octanol–water partition coefficient (Wildman–Crippen LogP) is 1.90. The molecule has 1 aromatic heterocycles. The van der Waals surface area contributed by atoms with E-state index in [0.717, 1.165) is 18.8 Å². The molecular formula is C20H22ClN5O3S. The van der Waals surface area contributed by atoms with E-state index in [1.165, 1.54) is 11.3 Å². The van der Waals surface area contributed by atoms with Gasteiger partial charge in [0.15, 0.2) is 5.13 Å². The van der Waals surface area contributed by atoms with Crippen LogP contribution >= 0.6 is 22.9 Å². The maximum Gasteiger partial charge on any atom is 0.248 e. The molecule has 10 heteroatoms. The number of anilines is 2. The lowest BCUT2D eigenvalue weighted by atomic mass is 10.2. The van der Waals surface area contributed by atoms with Gasteiger partial charge in [-0.25, -0.2) is 4.98 Å². The van der Waals surface area contributed by atoms with Crippen LogP contribution in [0.2, 0.25) is 5.02 Å². The topological polar surface area (TPSA) is 94.6 Å². The van der Waals surface area contributed by atoms with Crippen molar-refractivity contribution in [2.75, 3.05) is 36.4 Å². The second-order valence-electron chi connectivity index (χ2n) is 7.32. The first-order valence-electron chi connectivity index (χ1n) is 9.81. The van der Waals surface area contributed by atoms with Crippen molar-refractivity contribution in [3.05, 3.63) is 40.4 Å². The Bertz CT molecular complexity index is 957. The molecule has 0 saturated carbocycles. The van der Waals surface area contributed by atoms with Crippen molar-refractivity contribution in [1.82, 2.24) is 15.2 Å². The highest BCUT2D eigenvalue weighted by Crippen LogP contribution is 2.22. The smallest absolute Gasteiger partial charge is 0.248 e. The van der Waals surface area contributed by atoms with Crippen LogP contribution in [0.5, 0.6) is 0 Å². The van der Waals surface area contributed by atoms with Crippen molar-refractivity contribution in [3.63, 3.8) is 0 Å². The first-order chi connectivity index (χ1) is 14.5. The first kappa shape index (κ1) is 20.6. The summed E-state index contributed by atoms with van der Waals surface area (Å²) in [5.74, 6) is -0.367. The summed E-state index contributed by atoms with van der Waals surface area (Å²) in [6.45, 7) is 2.77. The molecule has 0 aliphatic carbocycles. The van der Waals surface area contributed by atoms with E-state index in [4.69, 9.17) is 11.6 Å². The number of hydrogen-bond acceptors (Lipinski definition) is 6. The monoisotopic (exact) mass is 447 g/mol. The molecule has 2 N–H and O–H groups in total. The normalized spacial score (nSPS) is 19.0. The summed E-state index contributed by atoms with van der Waals surface area (Å²) in [5.41, 5.74) is 1.70. The zero-order valence-corrected chi connectivity index (χ0v) is 17.8. The number of amides is 3. The molecular weight excluding hydrogens is 426 g/mol. The molecule has 0 bridgehead atoms. The Morgan fingerprint density at radius 2 is 2.07 bits per heavy atom. The fourth-order valence-corrected chi connectivity index (χ4v) is 4.50. The number of hydrogen-bond donors (Lipinski definition) is 2. The summed E-state index contributed by atoms with van der Waals surface area (Å²) in [7, 11) is 0. The van der Waals surface area contributed by atoms with Crippen LogP contribution < -0.4 is 15.5 Å². The second-order valence-corrected chi connectivity index (χ2v) is 8.61. The van der Waals surface area contributed by atoms with E-state index >= 15 is 0 Å². The molecule has 0 radical (unpaired) electrons. The third-order valence-corrected chi connectivity index (χ3v) is 6.27. The average molecular weight is 448 g/mol. The summed E-state index contributed by atoms with van der Waals surface area (Å²) in [5, 5.41) is 8.27. The van der Waals surface area contributed by atoms with Gasteiger partial charge in [-0.3, -0.25) is 14.4 Å². The molecule has 2 saturated heterocycles. The Morgan fingerprint density at radius 3 is 2.77 bits per heavy atom. The number of aromatic nitrogens is 1. The van der Waals surface area contributed by atoms with Gasteiger partial charge in [-0.2, -0.15) is 0 Å². The summed E-state index contributed by atoms with van der Waals surface area (Å²) < 4.78 is 0. The lowest BCUT2D eigenvalue weighted by Gasteiger charge is -2.36. The van der Waals surface area contributed by atoms with Gasteiger partial charge in [0.25, 0.3) is 0 Å². The maximum absolute atomic E-state index is 12.7. The molecule has 0 unspecified atom stereocenters. The van der Waals surface area contributed by atoms with Crippen molar-refractivity contribution in [2.45, 2.75) is 25.3 Å². The van der Waals surface area contributed by atoms with E-state index in [2.05, 4.69) is 20.5 Å². The zero-order chi connectivity index (χ0) is 21.1. The number of benzene rings is 1. The molecule has 1 aromatic carbocycles. The van der Waals surface area contributed by atoms with Crippen molar-refractivity contribution >= 4 is 51.5 Å². The first-order valence-corrected chi connectivity index (χ1v) is 11.1. The Hall–Kier alpha value is -2.65. The summed E-state index contributed by atoms with van der Waals surface area (Å²) >= 11 is 7.35. The van der Waals surface area contributed by atoms with Crippen LogP contribution in [0.1, 0.15) is 18.5 Å². The van der Waals surface area contributed by atoms with E-state index < -0.39 is 6.04 Å². The molecule has 3 amide bonds. The van der Waals surface area contributed by atoms with E-state index in [0.29, 0.717) is 41.8 Å². The van der Waals surface area contributed by atoms with Gasteiger partial charge in [0.05, 0.1) is 12.1 Å². The van der Waals surface area contributed by atoms with Gasteiger partial charge in [-0.05, 0) is 24.6 Å². The van der Waals surface area contributed by atoms with Crippen molar-refractivity contribution < 1.29 is 14.4 Å². The average Bonchev–Trinajstić information content (AvgIpc) is 3.37. The molecule has 1 atom stereocenters. The molecule has 2 aromatic rings. The van der Waals surface area contributed by atoms with Gasteiger partial charge < -0.3 is 20.4 Å². The second kappa shape index (κ2) is 9.01. The minimum atomic E-state index is -0.512. The Balaban J connectivity index is 1.27. The summed E-state index contributed by atoms with van der Waals surface area (Å²) in [4.78, 5) is 44.5. The van der Waals surface area contributed by atoms with Gasteiger partial charge in [0.2, 0.25) is 17.7 Å². The molecule has 0 spiro atoms. The van der Waals surface area contributed by atoms with Crippen LogP contribution in [0.25, 0.3) is 0 Å². The molecule has 2 fully saturated rings. The van der Waals surface area contributed by atoms with Gasteiger partial charge in [-0.15, -0.1) is 11.3 Å². The number of halogens is 1. The Kier molecular flexibility index (Phi) is 6.19. The summed E-state index contributed by atoms with van der Waals surface area (Å²) in [6.07, 6.45) is 1.05. The van der Waals surface area contributed by atoms with E-state index in [-0.39, 0.29) is 24.1 Å². The fourth-order valence-electron chi connectivity index (χ4n) is 3.60. The molecule has 4 rings (SSSR count). The molecule has 30 heavy (non-hydrogen) atoms. The van der Waals surface area contributed by atoms with Gasteiger partial charge in [-0.1, -0.05) is 17.7 Å². The van der Waals surface area contributed by atoms with Crippen molar-refractivity contribution in [1.29, 1.82) is 0 Å². The summed E-state index contributed by atoms with van der Waals surface area (Å²) in [6, 6.07) is 7.21. The van der Waals surface area contributed by atoms with Crippen LogP contribution in [0, 0.1) is 0 Å². The van der Waals surface area contributed by atoms with Crippen LogP contribution in [-0.4, -0.2) is 59.8 Å². The zero-order valence-electron chi connectivity index (χ0n) is 16.3. The van der Waals surface area contributed by atoms with Gasteiger partial charge in [0, 0.05) is 48.7 Å². The predicted molar refractivity (Wildman–Crippen MR) is 116 cm³/mol. The van der Waals surface area contributed by atoms with Crippen molar-refractivity contribution in [2.24, 2.45) is 0 Å². The lowest BCUT2D eigenvalue weighted by Crippen LogP contribution is -2.49. The van der Waals surface area contributed by atoms with E-state index in [1.54, 1.807) is 5.38 Å². The Labute approximate surface area is 183 Å².